The number of ether oxygens (including phenoxy) is 1. The molecule has 2 rings (SSSR count). The van der Waals surface area contributed by atoms with E-state index in [0.717, 1.165) is 18.8 Å². The minimum absolute atomic E-state index is 0.241. The van der Waals surface area contributed by atoms with Gasteiger partial charge in [0, 0.05) is 19.3 Å². The second-order valence-electron chi connectivity index (χ2n) is 3.43. The van der Waals surface area contributed by atoms with Crippen molar-refractivity contribution in [2.75, 3.05) is 26.3 Å². The van der Waals surface area contributed by atoms with Gasteiger partial charge in [-0.1, -0.05) is 6.07 Å². The van der Waals surface area contributed by atoms with Gasteiger partial charge in [-0.25, -0.2) is 0 Å². The van der Waals surface area contributed by atoms with Gasteiger partial charge in [0.15, 0.2) is 0 Å². The number of pyridine rings is 1. The monoisotopic (exact) mass is 203 g/mol. The molecule has 4 nitrogen and oxygen atoms in total. The zero-order chi connectivity index (χ0) is 10.5. The average molecular weight is 203 g/mol. The molecular weight excluding hydrogens is 190 g/mol. The fraction of sp³-hybridized carbons (Fsp3) is 0.455. The summed E-state index contributed by atoms with van der Waals surface area (Å²) in [7, 11) is 0. The molecule has 1 aliphatic rings. The molecule has 1 aromatic heterocycles. The van der Waals surface area contributed by atoms with E-state index < -0.39 is 0 Å². The number of nitriles is 1. The maximum absolute atomic E-state index is 9.16. The summed E-state index contributed by atoms with van der Waals surface area (Å²) in [4.78, 5) is 6.32. The van der Waals surface area contributed by atoms with Crippen molar-refractivity contribution in [3.8, 4) is 6.07 Å². The molecule has 4 heteroatoms. The first kappa shape index (κ1) is 10.1. The molecule has 0 amide bonds. The van der Waals surface area contributed by atoms with Gasteiger partial charge in [0.05, 0.1) is 25.0 Å². The lowest BCUT2D eigenvalue weighted by Gasteiger charge is -2.29. The fourth-order valence-electron chi connectivity index (χ4n) is 1.71. The third-order valence-corrected chi connectivity index (χ3v) is 2.50. The number of aromatic nitrogens is 1. The van der Waals surface area contributed by atoms with Crippen LogP contribution in [-0.4, -0.2) is 36.2 Å². The minimum Gasteiger partial charge on any atom is -0.379 e. The van der Waals surface area contributed by atoms with Crippen molar-refractivity contribution < 1.29 is 4.74 Å². The molecule has 0 N–H and O–H groups in total. The molecule has 0 saturated carbocycles. The van der Waals surface area contributed by atoms with E-state index in [9.17, 15) is 0 Å². The molecule has 15 heavy (non-hydrogen) atoms. The highest BCUT2D eigenvalue weighted by atomic mass is 16.5. The Morgan fingerprint density at radius 2 is 2.20 bits per heavy atom. The molecule has 1 atom stereocenters. The number of nitrogens with zero attached hydrogens (tertiary/aromatic N) is 3. The normalized spacial score (nSPS) is 19.4. The van der Waals surface area contributed by atoms with E-state index in [4.69, 9.17) is 10.00 Å². The Labute approximate surface area is 89.1 Å². The fourth-order valence-corrected chi connectivity index (χ4v) is 1.71. The van der Waals surface area contributed by atoms with Crippen molar-refractivity contribution in [3.63, 3.8) is 0 Å². The molecule has 2 heterocycles. The van der Waals surface area contributed by atoms with Crippen LogP contribution in [0.15, 0.2) is 24.4 Å². The van der Waals surface area contributed by atoms with Crippen molar-refractivity contribution in [1.29, 1.82) is 5.26 Å². The molecule has 0 radical (unpaired) electrons. The Hall–Kier alpha value is -1.44. The summed E-state index contributed by atoms with van der Waals surface area (Å²) < 4.78 is 5.26. The van der Waals surface area contributed by atoms with Crippen LogP contribution in [0.1, 0.15) is 11.7 Å². The lowest BCUT2D eigenvalue weighted by molar-refractivity contribution is 0.0260. The molecule has 78 valence electrons. The van der Waals surface area contributed by atoms with Gasteiger partial charge in [-0.3, -0.25) is 9.88 Å². The first-order valence-corrected chi connectivity index (χ1v) is 5.04. The zero-order valence-electron chi connectivity index (χ0n) is 8.47. The Morgan fingerprint density at radius 3 is 2.80 bits per heavy atom. The summed E-state index contributed by atoms with van der Waals surface area (Å²) in [6.45, 7) is 3.00. The van der Waals surface area contributed by atoms with Crippen molar-refractivity contribution >= 4 is 0 Å². The lowest BCUT2D eigenvalue weighted by Crippen LogP contribution is -2.38. The molecular formula is C11H13N3O. The number of morpholine rings is 1. The van der Waals surface area contributed by atoms with E-state index in [-0.39, 0.29) is 6.04 Å². The zero-order valence-corrected chi connectivity index (χ0v) is 8.47. The van der Waals surface area contributed by atoms with Crippen molar-refractivity contribution in [3.05, 3.63) is 30.1 Å². The van der Waals surface area contributed by atoms with Crippen LogP contribution in [0.25, 0.3) is 0 Å². The van der Waals surface area contributed by atoms with Crippen LogP contribution < -0.4 is 0 Å². The first-order valence-electron chi connectivity index (χ1n) is 5.04. The number of hydrogen-bond donors (Lipinski definition) is 0. The Kier molecular flexibility index (Phi) is 3.28. The first-order chi connectivity index (χ1) is 7.42. The minimum atomic E-state index is -0.241. The smallest absolute Gasteiger partial charge is 0.141 e. The van der Waals surface area contributed by atoms with Crippen LogP contribution in [0, 0.1) is 11.3 Å². The van der Waals surface area contributed by atoms with Crippen LogP contribution in [0.5, 0.6) is 0 Å². The topological polar surface area (TPSA) is 49.2 Å². The standard InChI is InChI=1S/C11H13N3O/c12-9-11(10-3-1-2-4-13-10)14-5-7-15-8-6-14/h1-4,11H,5-8H2/t11-/m0/s1. The van der Waals surface area contributed by atoms with Gasteiger partial charge in [0.2, 0.25) is 0 Å². The van der Waals surface area contributed by atoms with E-state index in [1.165, 1.54) is 0 Å². The summed E-state index contributed by atoms with van der Waals surface area (Å²) in [5, 5.41) is 9.16. The molecule has 0 aliphatic carbocycles. The molecule has 1 aromatic rings. The van der Waals surface area contributed by atoms with Gasteiger partial charge < -0.3 is 4.74 Å². The highest BCUT2D eigenvalue weighted by molar-refractivity contribution is 5.16. The van der Waals surface area contributed by atoms with E-state index >= 15 is 0 Å². The summed E-state index contributed by atoms with van der Waals surface area (Å²) >= 11 is 0. The second kappa shape index (κ2) is 4.87. The highest BCUT2D eigenvalue weighted by Gasteiger charge is 2.22. The molecule has 0 unspecified atom stereocenters. The quantitative estimate of drug-likeness (QED) is 0.719. The van der Waals surface area contributed by atoms with Crippen LogP contribution >= 0.6 is 0 Å². The van der Waals surface area contributed by atoms with Gasteiger partial charge >= 0.3 is 0 Å². The second-order valence-corrected chi connectivity index (χ2v) is 3.43. The van der Waals surface area contributed by atoms with Crippen LogP contribution in [0.2, 0.25) is 0 Å². The summed E-state index contributed by atoms with van der Waals surface area (Å²) in [6.07, 6.45) is 1.72. The van der Waals surface area contributed by atoms with Crippen molar-refractivity contribution in [2.24, 2.45) is 0 Å². The largest absolute Gasteiger partial charge is 0.379 e. The molecule has 0 aromatic carbocycles. The Morgan fingerprint density at radius 1 is 1.40 bits per heavy atom. The van der Waals surface area contributed by atoms with Gasteiger partial charge in [0.25, 0.3) is 0 Å². The maximum atomic E-state index is 9.16. The number of hydrogen-bond acceptors (Lipinski definition) is 4. The molecule has 0 spiro atoms. The van der Waals surface area contributed by atoms with E-state index in [2.05, 4.69) is 16.0 Å². The van der Waals surface area contributed by atoms with E-state index in [1.807, 2.05) is 18.2 Å². The third-order valence-electron chi connectivity index (χ3n) is 2.50. The average Bonchev–Trinajstić information content (AvgIpc) is 2.33. The van der Waals surface area contributed by atoms with Crippen molar-refractivity contribution in [1.82, 2.24) is 9.88 Å². The maximum Gasteiger partial charge on any atom is 0.141 e. The van der Waals surface area contributed by atoms with E-state index in [1.54, 1.807) is 6.20 Å². The summed E-state index contributed by atoms with van der Waals surface area (Å²) in [6, 6.07) is 7.72. The van der Waals surface area contributed by atoms with E-state index in [0.29, 0.717) is 13.2 Å². The van der Waals surface area contributed by atoms with Crippen LogP contribution in [-0.2, 0) is 4.74 Å². The van der Waals surface area contributed by atoms with Crippen molar-refractivity contribution in [2.45, 2.75) is 6.04 Å². The van der Waals surface area contributed by atoms with Gasteiger partial charge in [0.1, 0.15) is 6.04 Å². The molecule has 0 bridgehead atoms. The summed E-state index contributed by atoms with van der Waals surface area (Å²) in [5.41, 5.74) is 0.821. The predicted octanol–water partition coefficient (Wildman–Crippen LogP) is 0.978. The molecule has 1 saturated heterocycles. The predicted molar refractivity (Wildman–Crippen MR) is 55.0 cm³/mol. The molecule has 1 fully saturated rings. The SMILES string of the molecule is N#C[C@@H](c1ccccn1)N1CCOCC1. The highest BCUT2D eigenvalue weighted by Crippen LogP contribution is 2.18. The lowest BCUT2D eigenvalue weighted by atomic mass is 10.1. The van der Waals surface area contributed by atoms with Crippen LogP contribution in [0.4, 0.5) is 0 Å². The van der Waals surface area contributed by atoms with Gasteiger partial charge in [-0.2, -0.15) is 5.26 Å². The number of rotatable bonds is 2. The Balaban J connectivity index is 2.14. The van der Waals surface area contributed by atoms with Gasteiger partial charge in [-0.15, -0.1) is 0 Å². The molecule has 1 aliphatic heterocycles. The Bertz CT molecular complexity index is 341. The van der Waals surface area contributed by atoms with Gasteiger partial charge in [-0.05, 0) is 12.1 Å². The van der Waals surface area contributed by atoms with Crippen LogP contribution in [0.3, 0.4) is 0 Å². The summed E-state index contributed by atoms with van der Waals surface area (Å²) in [5.74, 6) is 0. The third kappa shape index (κ3) is 2.32.